The highest BCUT2D eigenvalue weighted by molar-refractivity contribution is 5.88. The second-order valence-corrected chi connectivity index (χ2v) is 10.1. The highest BCUT2D eigenvalue weighted by atomic mass is 16.8. The molecule has 0 unspecified atom stereocenters. The molecule has 16 nitrogen and oxygen atoms in total. The van der Waals surface area contributed by atoms with Crippen molar-refractivity contribution in [3.63, 3.8) is 0 Å². The fourth-order valence-corrected chi connectivity index (χ4v) is 4.89. The van der Waals surface area contributed by atoms with Gasteiger partial charge in [-0.3, -0.25) is 0 Å². The molecule has 16 heteroatoms. The number of fused-ring (bicyclic) bond motifs is 1. The van der Waals surface area contributed by atoms with Crippen LogP contribution in [0.4, 0.5) is 0 Å². The first kappa shape index (κ1) is 30.9. The molecule has 234 valence electrons. The molecule has 0 aliphatic carbocycles. The molecule has 10 atom stereocenters. The van der Waals surface area contributed by atoms with Gasteiger partial charge in [0, 0.05) is 18.2 Å². The van der Waals surface area contributed by atoms with Gasteiger partial charge >= 0.3 is 11.3 Å². The normalized spacial score (nSPS) is 33.0. The van der Waals surface area contributed by atoms with Crippen LogP contribution in [-0.4, -0.2) is 131 Å². The number of phenolic OH excluding ortho intramolecular Hbond substituents is 4. The maximum atomic E-state index is 10.9. The summed E-state index contributed by atoms with van der Waals surface area (Å²) in [4.78, 5) is 0. The van der Waals surface area contributed by atoms with Crippen LogP contribution in [0.3, 0.4) is 0 Å². The molecule has 11 N–H and O–H groups in total. The second kappa shape index (κ2) is 12.2. The molecule has 0 bridgehead atoms. The van der Waals surface area contributed by atoms with Crippen LogP contribution >= 0.6 is 0 Å². The maximum absolute atomic E-state index is 10.9. The van der Waals surface area contributed by atoms with Crippen LogP contribution < -0.4 is 4.74 Å². The first-order valence-corrected chi connectivity index (χ1v) is 13.0. The molecule has 2 aromatic carbocycles. The van der Waals surface area contributed by atoms with E-state index >= 15 is 0 Å². The highest BCUT2D eigenvalue weighted by Gasteiger charge is 2.51. The van der Waals surface area contributed by atoms with Crippen molar-refractivity contribution in [3.8, 4) is 40.1 Å². The lowest BCUT2D eigenvalue weighted by Gasteiger charge is -2.45. The zero-order valence-electron chi connectivity index (χ0n) is 22.1. The van der Waals surface area contributed by atoms with Crippen molar-refractivity contribution in [1.82, 2.24) is 0 Å². The van der Waals surface area contributed by atoms with E-state index in [-0.39, 0.29) is 33.8 Å². The Bertz CT molecular complexity index is 1450. The molecular weight excluding hydrogens is 580 g/mol. The van der Waals surface area contributed by atoms with Crippen molar-refractivity contribution in [2.45, 2.75) is 61.4 Å². The van der Waals surface area contributed by atoms with E-state index in [4.69, 9.17) is 23.4 Å². The average Bonchev–Trinajstić information content (AvgIpc) is 2.98. The second-order valence-electron chi connectivity index (χ2n) is 10.1. The minimum Gasteiger partial charge on any atom is -0.507 e. The van der Waals surface area contributed by atoms with E-state index in [2.05, 4.69) is 0 Å². The number of phenols is 4. The van der Waals surface area contributed by atoms with Crippen LogP contribution in [-0.2, 0) is 14.2 Å². The topological polar surface area (TPSA) is 271 Å². The highest BCUT2D eigenvalue weighted by Crippen LogP contribution is 2.42. The summed E-state index contributed by atoms with van der Waals surface area (Å²) in [5, 5.41) is 112. The number of aliphatic hydroxyl groups is 7. The van der Waals surface area contributed by atoms with Crippen LogP contribution in [0.5, 0.6) is 28.7 Å². The van der Waals surface area contributed by atoms with Crippen LogP contribution in [0.25, 0.3) is 22.3 Å². The first-order valence-electron chi connectivity index (χ1n) is 13.0. The van der Waals surface area contributed by atoms with Gasteiger partial charge < -0.3 is 75.1 Å². The fraction of sp³-hybridized carbons (Fsp3) is 0.444. The minimum absolute atomic E-state index is 0.0288. The summed E-state index contributed by atoms with van der Waals surface area (Å²) < 4.78 is 28.6. The monoisotopic (exact) mass is 611 g/mol. The number of hydrogen-bond donors (Lipinski definition) is 11. The Balaban J connectivity index is 1.57. The van der Waals surface area contributed by atoms with Crippen molar-refractivity contribution in [2.24, 2.45) is 0 Å². The van der Waals surface area contributed by atoms with Gasteiger partial charge in [0.25, 0.3) is 0 Å². The Labute approximate surface area is 242 Å². The molecule has 2 saturated heterocycles. The molecule has 0 saturated carbocycles. The Morgan fingerprint density at radius 3 is 1.98 bits per heavy atom. The van der Waals surface area contributed by atoms with Gasteiger partial charge in [0.05, 0.1) is 24.8 Å². The predicted octanol–water partition coefficient (Wildman–Crippen LogP) is -1.79. The lowest BCUT2D eigenvalue weighted by atomic mass is 9.97. The van der Waals surface area contributed by atoms with Crippen LogP contribution in [0.2, 0.25) is 0 Å². The third-order valence-corrected chi connectivity index (χ3v) is 7.26. The zero-order chi connectivity index (χ0) is 31.2. The minimum atomic E-state index is -1.89. The van der Waals surface area contributed by atoms with Crippen LogP contribution in [0.1, 0.15) is 0 Å². The predicted molar refractivity (Wildman–Crippen MR) is 140 cm³/mol. The molecule has 5 rings (SSSR count). The van der Waals surface area contributed by atoms with E-state index in [1.54, 1.807) is 0 Å². The lowest BCUT2D eigenvalue weighted by Crippen LogP contribution is -2.65. The number of aromatic hydroxyl groups is 4. The molecule has 0 radical (unpaired) electrons. The molecule has 3 aromatic rings. The van der Waals surface area contributed by atoms with E-state index in [0.29, 0.717) is 0 Å². The third-order valence-electron chi connectivity index (χ3n) is 7.26. The first-order chi connectivity index (χ1) is 20.4. The summed E-state index contributed by atoms with van der Waals surface area (Å²) in [6.45, 7) is -1.56. The largest absolute Gasteiger partial charge is 0.507 e. The standard InChI is InChI=1S/C27H30O16/c28-7-17-19(34)21(36)23(38)26(41-17)43-25-22(37)20(35)18(8-29)42-27(25)40-16-6-11-13(32)4-10(30)5-15(11)39-24(16)9-1-2-12(31)14(33)3-9/h1-6,17-23,25-29,34-38H,7-8H2,(H3-,30,31,32,33)/p+1/t17-,18-,19-,20+,21+,22+,23-,25-,26+,27-/m1/s1. The van der Waals surface area contributed by atoms with Gasteiger partial charge in [0.1, 0.15) is 59.6 Å². The Morgan fingerprint density at radius 1 is 0.674 bits per heavy atom. The Hall–Kier alpha value is -3.55. The van der Waals surface area contributed by atoms with Gasteiger partial charge in [-0.15, -0.1) is 0 Å². The molecule has 1 aromatic heterocycles. The molecule has 0 amide bonds. The van der Waals surface area contributed by atoms with E-state index < -0.39 is 91.9 Å². The van der Waals surface area contributed by atoms with Crippen molar-refractivity contribution >= 4 is 11.0 Å². The van der Waals surface area contributed by atoms with Crippen LogP contribution in [0.15, 0.2) is 40.8 Å². The van der Waals surface area contributed by atoms with Gasteiger partial charge in [-0.25, -0.2) is 4.42 Å². The van der Waals surface area contributed by atoms with Crippen molar-refractivity contribution in [3.05, 3.63) is 36.4 Å². The van der Waals surface area contributed by atoms with Crippen molar-refractivity contribution in [1.29, 1.82) is 0 Å². The number of ether oxygens (including phenoxy) is 4. The van der Waals surface area contributed by atoms with Crippen molar-refractivity contribution < 1.29 is 79.5 Å². The van der Waals surface area contributed by atoms with Gasteiger partial charge in [-0.1, -0.05) is 0 Å². The van der Waals surface area contributed by atoms with Gasteiger partial charge in [-0.2, -0.15) is 0 Å². The summed E-state index contributed by atoms with van der Waals surface area (Å²) in [6, 6.07) is 7.08. The summed E-state index contributed by atoms with van der Waals surface area (Å²) >= 11 is 0. The number of hydrogen-bond acceptors (Lipinski definition) is 15. The quantitative estimate of drug-likeness (QED) is 0.104. The number of benzene rings is 2. The van der Waals surface area contributed by atoms with Crippen LogP contribution in [0, 0.1) is 0 Å². The average molecular weight is 612 g/mol. The van der Waals surface area contributed by atoms with Gasteiger partial charge in [0.15, 0.2) is 23.9 Å². The lowest BCUT2D eigenvalue weighted by molar-refractivity contribution is -0.357. The Kier molecular flexibility index (Phi) is 8.77. The fourth-order valence-electron chi connectivity index (χ4n) is 4.89. The summed E-state index contributed by atoms with van der Waals surface area (Å²) in [6.07, 6.45) is -17.1. The van der Waals surface area contributed by atoms with E-state index in [9.17, 15) is 56.2 Å². The SMILES string of the molecule is OC[C@H]1O[C@@H](Oc2cc3c(O)cc(O)cc3[o+]c2-c2ccc(O)c(O)c2)[C@H](O[C@@H]2O[C@H](CO)[C@@H](O)[C@H](O)[C@H]2O)[C@@H](O)[C@H]1O. The zero-order valence-corrected chi connectivity index (χ0v) is 22.1. The smallest absolute Gasteiger partial charge is 0.402 e. The molecular formula is C27H31O16+. The molecule has 2 aliphatic rings. The Morgan fingerprint density at radius 2 is 1.33 bits per heavy atom. The van der Waals surface area contributed by atoms with Gasteiger partial charge in [0.2, 0.25) is 12.0 Å². The maximum Gasteiger partial charge on any atom is 0.402 e. The summed E-state index contributed by atoms with van der Waals surface area (Å²) in [5.41, 5.74) is 0.0892. The van der Waals surface area contributed by atoms with E-state index in [1.165, 1.54) is 18.2 Å². The molecule has 2 aliphatic heterocycles. The molecule has 3 heterocycles. The number of aliphatic hydroxyl groups excluding tert-OH is 7. The third kappa shape index (κ3) is 5.85. The summed E-state index contributed by atoms with van der Waals surface area (Å²) in [7, 11) is 0. The summed E-state index contributed by atoms with van der Waals surface area (Å²) in [5.74, 6) is -2.13. The van der Waals surface area contributed by atoms with E-state index in [0.717, 1.165) is 18.2 Å². The molecule has 2 fully saturated rings. The van der Waals surface area contributed by atoms with Gasteiger partial charge in [-0.05, 0) is 12.1 Å². The van der Waals surface area contributed by atoms with Crippen molar-refractivity contribution in [2.75, 3.05) is 13.2 Å². The number of rotatable bonds is 7. The molecule has 0 spiro atoms. The van der Waals surface area contributed by atoms with E-state index in [1.807, 2.05) is 0 Å². The molecule has 43 heavy (non-hydrogen) atoms.